The molecule has 0 aliphatic carbocycles. The van der Waals surface area contributed by atoms with E-state index >= 15 is 0 Å². The zero-order valence-corrected chi connectivity index (χ0v) is 15.1. The van der Waals surface area contributed by atoms with Crippen molar-refractivity contribution in [3.63, 3.8) is 0 Å². The molecule has 1 unspecified atom stereocenters. The van der Waals surface area contributed by atoms with Gasteiger partial charge in [0.1, 0.15) is 4.88 Å². The van der Waals surface area contributed by atoms with E-state index in [0.29, 0.717) is 18.0 Å². The first kappa shape index (κ1) is 17.8. The van der Waals surface area contributed by atoms with Crippen molar-refractivity contribution in [2.75, 3.05) is 26.2 Å². The third kappa shape index (κ3) is 4.52. The van der Waals surface area contributed by atoms with Crippen molar-refractivity contribution in [2.45, 2.75) is 25.7 Å². The van der Waals surface area contributed by atoms with Crippen LogP contribution in [0.3, 0.4) is 0 Å². The van der Waals surface area contributed by atoms with Gasteiger partial charge in [-0.15, -0.1) is 0 Å². The Bertz CT molecular complexity index is 729. The minimum atomic E-state index is -0.307. The van der Waals surface area contributed by atoms with Crippen LogP contribution in [0.1, 0.15) is 51.4 Å². The predicted molar refractivity (Wildman–Crippen MR) is 97.3 cm³/mol. The Balaban J connectivity index is 1.61. The van der Waals surface area contributed by atoms with Crippen LogP contribution in [0.4, 0.5) is 0 Å². The van der Waals surface area contributed by atoms with Crippen LogP contribution in [-0.4, -0.2) is 47.3 Å². The third-order valence-corrected chi connectivity index (χ3v) is 5.18. The van der Waals surface area contributed by atoms with Gasteiger partial charge in [-0.2, -0.15) is 4.37 Å². The maximum atomic E-state index is 12.4. The maximum Gasteiger partial charge on any atom is 0.349 e. The van der Waals surface area contributed by atoms with Crippen molar-refractivity contribution < 1.29 is 14.3 Å². The molecular formula is C19H22N2O3S. The average Bonchev–Trinajstić information content (AvgIpc) is 3.13. The fourth-order valence-corrected chi connectivity index (χ4v) is 3.85. The number of aromatic nitrogens is 1. The summed E-state index contributed by atoms with van der Waals surface area (Å²) in [7, 11) is 0. The minimum Gasteiger partial charge on any atom is -0.462 e. The number of piperidine rings is 1. The van der Waals surface area contributed by atoms with E-state index in [0.717, 1.165) is 37.2 Å². The molecule has 1 aliphatic rings. The number of ketones is 1. The second-order valence-electron chi connectivity index (χ2n) is 6.20. The van der Waals surface area contributed by atoms with Crippen LogP contribution in [0.2, 0.25) is 0 Å². The monoisotopic (exact) mass is 358 g/mol. The largest absolute Gasteiger partial charge is 0.462 e. The van der Waals surface area contributed by atoms with Crippen LogP contribution in [0.5, 0.6) is 0 Å². The Morgan fingerprint density at radius 1 is 1.32 bits per heavy atom. The lowest BCUT2D eigenvalue weighted by Gasteiger charge is -2.31. The van der Waals surface area contributed by atoms with Crippen molar-refractivity contribution in [1.29, 1.82) is 0 Å². The number of ether oxygens (including phenoxy) is 1. The van der Waals surface area contributed by atoms with E-state index in [1.165, 1.54) is 11.5 Å². The molecule has 132 valence electrons. The second kappa shape index (κ2) is 8.36. The number of carbonyl (C=O) groups excluding carboxylic acids is 2. The molecular weight excluding hydrogens is 336 g/mol. The Morgan fingerprint density at radius 3 is 2.88 bits per heavy atom. The Hall–Kier alpha value is -2.05. The lowest BCUT2D eigenvalue weighted by molar-refractivity contribution is 0.0532. The molecule has 0 amide bonds. The zero-order valence-electron chi connectivity index (χ0n) is 14.3. The number of hydrogen-bond acceptors (Lipinski definition) is 6. The van der Waals surface area contributed by atoms with Crippen molar-refractivity contribution in [3.05, 3.63) is 52.5 Å². The first-order valence-corrected chi connectivity index (χ1v) is 9.39. The van der Waals surface area contributed by atoms with Crippen molar-refractivity contribution in [1.82, 2.24) is 9.27 Å². The van der Waals surface area contributed by atoms with Gasteiger partial charge in [0.15, 0.2) is 5.78 Å². The predicted octanol–water partition coefficient (Wildman–Crippen LogP) is 3.38. The molecule has 0 bridgehead atoms. The van der Waals surface area contributed by atoms with Gasteiger partial charge in [0, 0.05) is 18.0 Å². The van der Waals surface area contributed by atoms with Gasteiger partial charge in [-0.05, 0) is 43.9 Å². The summed E-state index contributed by atoms with van der Waals surface area (Å²) >= 11 is 1.19. The van der Waals surface area contributed by atoms with E-state index in [-0.39, 0.29) is 17.7 Å². The molecule has 0 spiro atoms. The number of esters is 1. The van der Waals surface area contributed by atoms with E-state index in [2.05, 4.69) is 9.27 Å². The normalized spacial score (nSPS) is 18.0. The molecule has 1 fully saturated rings. The highest BCUT2D eigenvalue weighted by Gasteiger charge is 2.26. The smallest absolute Gasteiger partial charge is 0.349 e. The van der Waals surface area contributed by atoms with Crippen LogP contribution < -0.4 is 0 Å². The summed E-state index contributed by atoms with van der Waals surface area (Å²) in [6, 6.07) is 11.2. The van der Waals surface area contributed by atoms with Crippen LogP contribution >= 0.6 is 11.5 Å². The van der Waals surface area contributed by atoms with E-state index in [1.807, 2.05) is 36.4 Å². The second-order valence-corrected chi connectivity index (χ2v) is 7.00. The fraction of sp³-hybridized carbons (Fsp3) is 0.421. The quantitative estimate of drug-likeness (QED) is 0.585. The zero-order chi connectivity index (χ0) is 17.6. The van der Waals surface area contributed by atoms with Crippen LogP contribution in [0, 0.1) is 0 Å². The Kier molecular flexibility index (Phi) is 5.94. The lowest BCUT2D eigenvalue weighted by atomic mass is 9.94. The molecule has 1 aromatic heterocycles. The highest BCUT2D eigenvalue weighted by molar-refractivity contribution is 7.08. The molecule has 1 aliphatic heterocycles. The molecule has 1 atom stereocenters. The number of likely N-dealkylation sites (tertiary alicyclic amines) is 1. The topological polar surface area (TPSA) is 59.5 Å². The number of Topliss-reactive ketones (excluding diaryl/α,β-unsaturated/α-hetero) is 1. The summed E-state index contributed by atoms with van der Waals surface area (Å²) < 4.78 is 9.47. The van der Waals surface area contributed by atoms with Gasteiger partial charge >= 0.3 is 5.97 Å². The molecule has 2 aromatic rings. The van der Waals surface area contributed by atoms with Crippen molar-refractivity contribution >= 4 is 23.3 Å². The molecule has 0 saturated carbocycles. The fourth-order valence-electron chi connectivity index (χ4n) is 3.14. The van der Waals surface area contributed by atoms with Gasteiger partial charge in [-0.3, -0.25) is 9.69 Å². The number of rotatable bonds is 6. The minimum absolute atomic E-state index is 0.145. The molecule has 2 heterocycles. The van der Waals surface area contributed by atoms with Crippen LogP contribution in [0.25, 0.3) is 0 Å². The van der Waals surface area contributed by atoms with Gasteiger partial charge in [-0.1, -0.05) is 30.3 Å². The molecule has 5 nitrogen and oxygen atoms in total. The number of carbonyl (C=O) groups is 2. The Morgan fingerprint density at radius 2 is 2.12 bits per heavy atom. The Labute approximate surface area is 151 Å². The van der Waals surface area contributed by atoms with Gasteiger partial charge in [0.25, 0.3) is 0 Å². The summed E-state index contributed by atoms with van der Waals surface area (Å²) in [4.78, 5) is 26.9. The maximum absolute atomic E-state index is 12.4. The van der Waals surface area contributed by atoms with Gasteiger partial charge in [0.2, 0.25) is 0 Å². The highest BCUT2D eigenvalue weighted by Crippen LogP contribution is 2.28. The van der Waals surface area contributed by atoms with Crippen molar-refractivity contribution in [2.24, 2.45) is 0 Å². The summed E-state index contributed by atoms with van der Waals surface area (Å²) in [6.45, 7) is 4.30. The first-order chi connectivity index (χ1) is 12.2. The van der Waals surface area contributed by atoms with Crippen LogP contribution in [0.15, 0.2) is 36.4 Å². The summed E-state index contributed by atoms with van der Waals surface area (Å²) in [5.74, 6) is 0.0988. The highest BCUT2D eigenvalue weighted by atomic mass is 32.1. The third-order valence-electron chi connectivity index (χ3n) is 4.39. The first-order valence-electron chi connectivity index (χ1n) is 8.61. The van der Waals surface area contributed by atoms with Gasteiger partial charge < -0.3 is 4.74 Å². The standard InChI is InChI=1S/C19H22N2O3S/c1-2-24-19(23)18-11-16(20-25-18)15-9-6-10-21(12-15)13-17(22)14-7-4-3-5-8-14/h3-5,7-8,11,15H,2,6,9-10,12-13H2,1H3. The average molecular weight is 358 g/mol. The van der Waals surface area contributed by atoms with Crippen molar-refractivity contribution in [3.8, 4) is 0 Å². The molecule has 1 saturated heterocycles. The number of hydrogen-bond donors (Lipinski definition) is 0. The van der Waals surface area contributed by atoms with E-state index < -0.39 is 0 Å². The van der Waals surface area contributed by atoms with E-state index in [4.69, 9.17) is 4.74 Å². The molecule has 3 rings (SSSR count). The molecule has 6 heteroatoms. The van der Waals surface area contributed by atoms with Crippen LogP contribution in [-0.2, 0) is 4.74 Å². The molecule has 0 N–H and O–H groups in total. The molecule has 0 radical (unpaired) electrons. The molecule has 25 heavy (non-hydrogen) atoms. The molecule has 1 aromatic carbocycles. The summed E-state index contributed by atoms with van der Waals surface area (Å²) in [6.07, 6.45) is 2.06. The number of nitrogens with zero attached hydrogens (tertiary/aromatic N) is 2. The number of benzene rings is 1. The summed E-state index contributed by atoms with van der Waals surface area (Å²) in [5, 5.41) is 0. The van der Waals surface area contributed by atoms with E-state index in [9.17, 15) is 9.59 Å². The summed E-state index contributed by atoms with van der Waals surface area (Å²) in [5.41, 5.74) is 1.69. The van der Waals surface area contributed by atoms with Gasteiger partial charge in [0.05, 0.1) is 18.8 Å². The van der Waals surface area contributed by atoms with Gasteiger partial charge in [-0.25, -0.2) is 4.79 Å². The SMILES string of the molecule is CCOC(=O)c1cc(C2CCCN(CC(=O)c3ccccc3)C2)ns1. The van der Waals surface area contributed by atoms with E-state index in [1.54, 1.807) is 6.92 Å². The lowest BCUT2D eigenvalue weighted by Crippen LogP contribution is -2.38.